The van der Waals surface area contributed by atoms with Crippen molar-refractivity contribution < 1.29 is 18.8 Å². The van der Waals surface area contributed by atoms with E-state index in [0.29, 0.717) is 37.1 Å². The maximum Gasteiger partial charge on any atom is 0.250 e. The van der Waals surface area contributed by atoms with Gasteiger partial charge in [-0.25, -0.2) is 0 Å². The molecule has 0 saturated carbocycles. The zero-order chi connectivity index (χ0) is 16.9. The molecule has 0 aromatic carbocycles. The van der Waals surface area contributed by atoms with E-state index in [2.05, 4.69) is 15.5 Å². The average Bonchev–Trinajstić information content (AvgIpc) is 3.11. The number of aromatic nitrogens is 2. The third-order valence-electron chi connectivity index (χ3n) is 4.49. The fourth-order valence-electron chi connectivity index (χ4n) is 3.00. The fraction of sp³-hybridized carbons (Fsp3) is 0.706. The van der Waals surface area contributed by atoms with Crippen molar-refractivity contribution >= 4 is 5.91 Å². The summed E-state index contributed by atoms with van der Waals surface area (Å²) in [6, 6.07) is -0.288. The van der Waals surface area contributed by atoms with E-state index < -0.39 is 0 Å². The first-order valence-corrected chi connectivity index (χ1v) is 8.68. The molecule has 3 rings (SSSR count). The molecule has 1 fully saturated rings. The summed E-state index contributed by atoms with van der Waals surface area (Å²) in [4.78, 5) is 17.1. The minimum Gasteiger partial charge on any atom is -0.501 e. The standard InChI is InChI=1S/C17H25N3O4/c1-11(2)15-19-17(24-20-15)14(12-5-8-22-9-6-12)18-16(21)13-4-3-7-23-10-13/h10-12,14H,3-9H2,1-2H3,(H,18,21). The number of hydrogen-bond donors (Lipinski definition) is 1. The molecule has 1 atom stereocenters. The lowest BCUT2D eigenvalue weighted by Crippen LogP contribution is -2.37. The molecule has 2 aliphatic rings. The zero-order valence-electron chi connectivity index (χ0n) is 14.3. The molecule has 1 aromatic heterocycles. The number of rotatable bonds is 5. The van der Waals surface area contributed by atoms with Crippen LogP contribution in [0.15, 0.2) is 16.4 Å². The van der Waals surface area contributed by atoms with Crippen LogP contribution in [0.4, 0.5) is 0 Å². The van der Waals surface area contributed by atoms with Crippen molar-refractivity contribution in [3.8, 4) is 0 Å². The van der Waals surface area contributed by atoms with Gasteiger partial charge in [-0.3, -0.25) is 4.79 Å². The van der Waals surface area contributed by atoms with Crippen LogP contribution in [-0.2, 0) is 14.3 Å². The normalized spacial score (nSPS) is 20.4. The largest absolute Gasteiger partial charge is 0.501 e. The highest BCUT2D eigenvalue weighted by molar-refractivity contribution is 5.93. The molecule has 1 aromatic rings. The second kappa shape index (κ2) is 7.79. The third kappa shape index (κ3) is 3.95. The molecule has 132 valence electrons. The van der Waals surface area contributed by atoms with E-state index in [9.17, 15) is 4.79 Å². The maximum atomic E-state index is 12.6. The monoisotopic (exact) mass is 335 g/mol. The van der Waals surface area contributed by atoms with Crippen LogP contribution in [-0.4, -0.2) is 35.9 Å². The van der Waals surface area contributed by atoms with Gasteiger partial charge in [0.05, 0.1) is 18.4 Å². The van der Waals surface area contributed by atoms with Gasteiger partial charge in [0, 0.05) is 19.1 Å². The van der Waals surface area contributed by atoms with Crippen LogP contribution in [0.1, 0.15) is 63.2 Å². The quantitative estimate of drug-likeness (QED) is 0.889. The van der Waals surface area contributed by atoms with Crippen LogP contribution >= 0.6 is 0 Å². The van der Waals surface area contributed by atoms with Crippen LogP contribution in [0.3, 0.4) is 0 Å². The Bertz CT molecular complexity index is 590. The Hall–Kier alpha value is -1.89. The van der Waals surface area contributed by atoms with Crippen molar-refractivity contribution in [1.82, 2.24) is 15.5 Å². The Balaban J connectivity index is 1.78. The van der Waals surface area contributed by atoms with Crippen molar-refractivity contribution in [2.45, 2.75) is 51.5 Å². The third-order valence-corrected chi connectivity index (χ3v) is 4.49. The first-order chi connectivity index (χ1) is 11.6. The van der Waals surface area contributed by atoms with Gasteiger partial charge in [0.25, 0.3) is 5.91 Å². The lowest BCUT2D eigenvalue weighted by Gasteiger charge is -2.29. The Morgan fingerprint density at radius 2 is 2.08 bits per heavy atom. The minimum atomic E-state index is -0.288. The molecule has 0 bridgehead atoms. The van der Waals surface area contributed by atoms with Crippen molar-refractivity contribution in [3.63, 3.8) is 0 Å². The van der Waals surface area contributed by atoms with E-state index in [0.717, 1.165) is 25.7 Å². The van der Waals surface area contributed by atoms with Gasteiger partial charge >= 0.3 is 0 Å². The predicted molar refractivity (Wildman–Crippen MR) is 86.1 cm³/mol. The number of amides is 1. The molecule has 7 heteroatoms. The average molecular weight is 335 g/mol. The van der Waals surface area contributed by atoms with Gasteiger partial charge in [-0.05, 0) is 31.6 Å². The molecule has 7 nitrogen and oxygen atoms in total. The number of hydrogen-bond acceptors (Lipinski definition) is 6. The second-order valence-corrected chi connectivity index (χ2v) is 6.66. The molecule has 1 N–H and O–H groups in total. The summed E-state index contributed by atoms with van der Waals surface area (Å²) in [7, 11) is 0. The van der Waals surface area contributed by atoms with Crippen LogP contribution < -0.4 is 5.32 Å². The first-order valence-electron chi connectivity index (χ1n) is 8.68. The molecular weight excluding hydrogens is 310 g/mol. The number of carbonyl (C=O) groups is 1. The van der Waals surface area contributed by atoms with Crippen molar-refractivity contribution in [2.24, 2.45) is 5.92 Å². The number of carbonyl (C=O) groups excluding carboxylic acids is 1. The highest BCUT2D eigenvalue weighted by Gasteiger charge is 2.32. The van der Waals surface area contributed by atoms with Crippen LogP contribution in [0.25, 0.3) is 0 Å². The first kappa shape index (κ1) is 17.0. The molecular formula is C17H25N3O4. The summed E-state index contributed by atoms with van der Waals surface area (Å²) in [5.41, 5.74) is 0.668. The van der Waals surface area contributed by atoms with E-state index in [4.69, 9.17) is 14.0 Å². The fourth-order valence-corrected chi connectivity index (χ4v) is 3.00. The Kier molecular flexibility index (Phi) is 5.50. The smallest absolute Gasteiger partial charge is 0.250 e. The van der Waals surface area contributed by atoms with Gasteiger partial charge in [-0.15, -0.1) is 0 Å². The summed E-state index contributed by atoms with van der Waals surface area (Å²) < 4.78 is 16.2. The maximum absolute atomic E-state index is 12.6. The molecule has 1 saturated heterocycles. The van der Waals surface area contributed by atoms with Crippen LogP contribution in [0.2, 0.25) is 0 Å². The Labute approximate surface area is 141 Å². The molecule has 1 unspecified atom stereocenters. The predicted octanol–water partition coefficient (Wildman–Crippen LogP) is 2.47. The van der Waals surface area contributed by atoms with Gasteiger partial charge < -0.3 is 19.3 Å². The SMILES string of the molecule is CC(C)c1noc(C(NC(=O)C2=COCCC2)C2CCOCC2)n1. The summed E-state index contributed by atoms with van der Waals surface area (Å²) in [6.07, 6.45) is 4.87. The van der Waals surface area contributed by atoms with Crippen LogP contribution in [0, 0.1) is 5.92 Å². The number of nitrogens with one attached hydrogen (secondary N) is 1. The van der Waals surface area contributed by atoms with Gasteiger partial charge in [-0.2, -0.15) is 4.98 Å². The lowest BCUT2D eigenvalue weighted by molar-refractivity contribution is -0.119. The highest BCUT2D eigenvalue weighted by Crippen LogP contribution is 2.30. The Morgan fingerprint density at radius 1 is 1.29 bits per heavy atom. The van der Waals surface area contributed by atoms with E-state index in [1.807, 2.05) is 13.8 Å². The molecule has 0 spiro atoms. The van der Waals surface area contributed by atoms with Gasteiger partial charge in [-0.1, -0.05) is 19.0 Å². The second-order valence-electron chi connectivity index (χ2n) is 6.66. The van der Waals surface area contributed by atoms with E-state index in [1.54, 1.807) is 6.26 Å². The van der Waals surface area contributed by atoms with Gasteiger partial charge in [0.2, 0.25) is 5.89 Å². The zero-order valence-corrected chi connectivity index (χ0v) is 14.3. The van der Waals surface area contributed by atoms with Gasteiger partial charge in [0.15, 0.2) is 5.82 Å². The Morgan fingerprint density at radius 3 is 2.71 bits per heavy atom. The van der Waals surface area contributed by atoms with E-state index in [-0.39, 0.29) is 23.8 Å². The molecule has 2 aliphatic heterocycles. The van der Waals surface area contributed by atoms with E-state index in [1.165, 1.54) is 0 Å². The number of nitrogens with zero attached hydrogens (tertiary/aromatic N) is 2. The van der Waals surface area contributed by atoms with Crippen LogP contribution in [0.5, 0.6) is 0 Å². The number of ether oxygens (including phenoxy) is 2. The molecule has 24 heavy (non-hydrogen) atoms. The molecule has 1 amide bonds. The molecule has 0 aliphatic carbocycles. The minimum absolute atomic E-state index is 0.115. The van der Waals surface area contributed by atoms with E-state index >= 15 is 0 Å². The van der Waals surface area contributed by atoms with Gasteiger partial charge in [0.1, 0.15) is 6.04 Å². The highest BCUT2D eigenvalue weighted by atomic mass is 16.5. The molecule has 3 heterocycles. The summed E-state index contributed by atoms with van der Waals surface area (Å²) in [6.45, 7) is 6.07. The molecule has 0 radical (unpaired) electrons. The lowest BCUT2D eigenvalue weighted by atomic mass is 9.91. The van der Waals surface area contributed by atoms with Crippen molar-refractivity contribution in [2.75, 3.05) is 19.8 Å². The summed E-state index contributed by atoms with van der Waals surface area (Å²) in [5, 5.41) is 7.13. The van der Waals surface area contributed by atoms with Crippen molar-refractivity contribution in [1.29, 1.82) is 0 Å². The van der Waals surface area contributed by atoms with Crippen molar-refractivity contribution in [3.05, 3.63) is 23.6 Å². The summed E-state index contributed by atoms with van der Waals surface area (Å²) >= 11 is 0. The topological polar surface area (TPSA) is 86.5 Å². The summed E-state index contributed by atoms with van der Waals surface area (Å²) in [5.74, 6) is 1.44.